The molecule has 6 N–H and O–H groups in total. The number of carbonyl (C=O) groups is 1. The second kappa shape index (κ2) is 4.53. The summed E-state index contributed by atoms with van der Waals surface area (Å²) in [6, 6.07) is 0. The van der Waals surface area contributed by atoms with Gasteiger partial charge in [0, 0.05) is 0 Å². The Morgan fingerprint density at radius 2 is 2.27 bits per heavy atom. The third-order valence-corrected chi connectivity index (χ3v) is 1.61. The molecule has 8 heteroatoms. The molecule has 0 radical (unpaired) electrons. The van der Waals surface area contributed by atoms with Crippen molar-refractivity contribution < 1.29 is 14.7 Å². The fourth-order valence-electron chi connectivity index (χ4n) is 0.981. The summed E-state index contributed by atoms with van der Waals surface area (Å²) in [6.07, 6.45) is -0.899. The molecule has 82 valence electrons. The quantitative estimate of drug-likeness (QED) is 0.476. The second-order valence-electron chi connectivity index (χ2n) is 2.67. The molecule has 0 saturated carbocycles. The molecule has 0 saturated heterocycles. The summed E-state index contributed by atoms with van der Waals surface area (Å²) < 4.78 is 0. The number of aryl methyl sites for hydroxylation is 1. The zero-order valence-corrected chi connectivity index (χ0v) is 8.02. The van der Waals surface area contributed by atoms with Crippen molar-refractivity contribution in [3.8, 4) is 0 Å². The predicted octanol–water partition coefficient (Wildman–Crippen LogP) is -0.718. The molecule has 1 aromatic heterocycles. The predicted molar refractivity (Wildman–Crippen MR) is 51.4 cm³/mol. The maximum Gasteiger partial charge on any atom is 0.431 e. The Balaban J connectivity index is 3.06. The van der Waals surface area contributed by atoms with Crippen molar-refractivity contribution in [2.45, 2.75) is 13.5 Å². The minimum atomic E-state index is -0.899. The first kappa shape index (κ1) is 11.1. The van der Waals surface area contributed by atoms with Gasteiger partial charge in [-0.05, 0) is 6.92 Å². The van der Waals surface area contributed by atoms with Crippen LogP contribution in [0, 0.1) is 6.92 Å². The lowest BCUT2D eigenvalue weighted by atomic mass is 10.3. The van der Waals surface area contributed by atoms with E-state index < -0.39 is 6.09 Å². The van der Waals surface area contributed by atoms with Crippen LogP contribution in [0.15, 0.2) is 0 Å². The fourth-order valence-corrected chi connectivity index (χ4v) is 0.981. The molecule has 0 aliphatic heterocycles. The monoisotopic (exact) mass is 213 g/mol. The number of aliphatic hydroxyl groups excluding tert-OH is 1. The fraction of sp³-hybridized carbons (Fsp3) is 0.286. The Bertz CT molecular complexity index is 381. The zero-order chi connectivity index (χ0) is 11.4. The van der Waals surface area contributed by atoms with Gasteiger partial charge in [-0.15, -0.1) is 0 Å². The van der Waals surface area contributed by atoms with Gasteiger partial charge in [-0.2, -0.15) is 5.90 Å². The highest BCUT2D eigenvalue weighted by Gasteiger charge is 2.12. The largest absolute Gasteiger partial charge is 0.431 e. The van der Waals surface area contributed by atoms with Crippen LogP contribution in [-0.4, -0.2) is 21.2 Å². The lowest BCUT2D eigenvalue weighted by Crippen LogP contribution is -2.20. The van der Waals surface area contributed by atoms with Gasteiger partial charge in [0.05, 0.1) is 18.0 Å². The van der Waals surface area contributed by atoms with Gasteiger partial charge >= 0.3 is 6.09 Å². The van der Waals surface area contributed by atoms with E-state index >= 15 is 0 Å². The van der Waals surface area contributed by atoms with Crippen molar-refractivity contribution in [1.29, 1.82) is 0 Å². The number of nitrogen functional groups attached to an aromatic ring is 1. The molecule has 1 aromatic rings. The van der Waals surface area contributed by atoms with Crippen LogP contribution in [0.1, 0.15) is 11.5 Å². The summed E-state index contributed by atoms with van der Waals surface area (Å²) in [6.45, 7) is 1.25. The summed E-state index contributed by atoms with van der Waals surface area (Å²) >= 11 is 0. The van der Waals surface area contributed by atoms with Crippen molar-refractivity contribution in [1.82, 2.24) is 9.97 Å². The van der Waals surface area contributed by atoms with Crippen LogP contribution in [0.2, 0.25) is 0 Å². The number of carbonyl (C=O) groups excluding carboxylic acids is 1. The van der Waals surface area contributed by atoms with Crippen molar-refractivity contribution in [3.05, 3.63) is 11.5 Å². The molecule has 0 aliphatic carbocycles. The Labute approximate surface area is 85.2 Å². The number of aliphatic hydroxyl groups is 1. The van der Waals surface area contributed by atoms with Gasteiger partial charge in [0.15, 0.2) is 5.82 Å². The highest BCUT2D eigenvalue weighted by atomic mass is 16.7. The highest BCUT2D eigenvalue weighted by Crippen LogP contribution is 2.19. The lowest BCUT2D eigenvalue weighted by Gasteiger charge is -2.09. The topological polar surface area (TPSA) is 136 Å². The van der Waals surface area contributed by atoms with Crippen LogP contribution in [0.4, 0.5) is 16.3 Å². The molecule has 15 heavy (non-hydrogen) atoms. The van der Waals surface area contributed by atoms with Gasteiger partial charge in [0.2, 0.25) is 0 Å². The van der Waals surface area contributed by atoms with Crippen molar-refractivity contribution >= 4 is 17.6 Å². The van der Waals surface area contributed by atoms with Gasteiger partial charge in [-0.1, -0.05) is 0 Å². The maximum atomic E-state index is 10.8. The van der Waals surface area contributed by atoms with E-state index in [1.165, 1.54) is 0 Å². The minimum absolute atomic E-state index is 0.0574. The van der Waals surface area contributed by atoms with E-state index in [1.807, 2.05) is 0 Å². The Morgan fingerprint density at radius 1 is 1.60 bits per heavy atom. The summed E-state index contributed by atoms with van der Waals surface area (Å²) in [5.74, 6) is 5.05. The molecule has 0 aliphatic rings. The van der Waals surface area contributed by atoms with Gasteiger partial charge in [0.1, 0.15) is 5.82 Å². The number of amides is 1. The molecule has 0 fully saturated rings. The number of aromatic nitrogens is 2. The Kier molecular flexibility index (Phi) is 3.37. The third-order valence-electron chi connectivity index (χ3n) is 1.61. The number of hydrogen-bond donors (Lipinski definition) is 4. The number of nitrogens with two attached hydrogens (primary N) is 2. The molecule has 1 amide bonds. The number of hydrogen-bond acceptors (Lipinski definition) is 7. The van der Waals surface area contributed by atoms with E-state index in [2.05, 4.69) is 26.0 Å². The van der Waals surface area contributed by atoms with E-state index in [4.69, 9.17) is 10.8 Å². The molecule has 8 nitrogen and oxygen atoms in total. The van der Waals surface area contributed by atoms with Crippen molar-refractivity contribution in [2.24, 2.45) is 5.90 Å². The van der Waals surface area contributed by atoms with Crippen LogP contribution in [0.5, 0.6) is 0 Å². The average Bonchev–Trinajstić information content (AvgIpc) is 2.22. The summed E-state index contributed by atoms with van der Waals surface area (Å²) in [5, 5.41) is 11.1. The molecule has 0 bridgehead atoms. The van der Waals surface area contributed by atoms with E-state index in [0.29, 0.717) is 5.82 Å². The second-order valence-corrected chi connectivity index (χ2v) is 2.67. The van der Waals surface area contributed by atoms with Crippen molar-refractivity contribution in [3.63, 3.8) is 0 Å². The molecule has 1 rings (SSSR count). The molecule has 1 heterocycles. The Morgan fingerprint density at radius 3 is 2.80 bits per heavy atom. The van der Waals surface area contributed by atoms with Gasteiger partial charge in [0.25, 0.3) is 0 Å². The molecule has 0 unspecified atom stereocenters. The normalized spacial score (nSPS) is 9.80. The highest BCUT2D eigenvalue weighted by molar-refractivity contribution is 5.87. The number of rotatable bonds is 2. The smallest absolute Gasteiger partial charge is 0.394 e. The summed E-state index contributed by atoms with van der Waals surface area (Å²) in [7, 11) is 0. The van der Waals surface area contributed by atoms with Crippen LogP contribution < -0.4 is 16.9 Å². The molecule has 0 atom stereocenters. The first-order chi connectivity index (χ1) is 7.08. The maximum absolute atomic E-state index is 10.8. The van der Waals surface area contributed by atoms with E-state index in [1.54, 1.807) is 6.92 Å². The van der Waals surface area contributed by atoms with Gasteiger partial charge < -0.3 is 15.7 Å². The summed E-state index contributed by atoms with van der Waals surface area (Å²) in [4.78, 5) is 22.4. The standard InChI is InChI=1S/C7H11N5O3/c1-3-10-4(2-13)5(8)6(11-3)12-7(14)15-9/h13H,2,8-9H2,1H3,(H,10,11,12,14). The summed E-state index contributed by atoms with van der Waals surface area (Å²) in [5.41, 5.74) is 5.88. The van der Waals surface area contributed by atoms with E-state index in [-0.39, 0.29) is 23.8 Å². The third kappa shape index (κ3) is 2.51. The minimum Gasteiger partial charge on any atom is -0.394 e. The number of nitrogens with zero attached hydrogens (tertiary/aromatic N) is 2. The lowest BCUT2D eigenvalue weighted by molar-refractivity contribution is 0.163. The SMILES string of the molecule is Cc1nc(CO)c(N)c(NC(=O)ON)n1. The van der Waals surface area contributed by atoms with Crippen LogP contribution >= 0.6 is 0 Å². The molecular formula is C7H11N5O3. The molecule has 0 spiro atoms. The number of anilines is 2. The van der Waals surface area contributed by atoms with Crippen LogP contribution in [0.3, 0.4) is 0 Å². The van der Waals surface area contributed by atoms with E-state index in [9.17, 15) is 4.79 Å². The van der Waals surface area contributed by atoms with Crippen molar-refractivity contribution in [2.75, 3.05) is 11.1 Å². The van der Waals surface area contributed by atoms with Crippen LogP contribution in [0.25, 0.3) is 0 Å². The van der Waals surface area contributed by atoms with Gasteiger partial charge in [-0.3, -0.25) is 5.32 Å². The Hall–Kier alpha value is -1.93. The molecular weight excluding hydrogens is 202 g/mol. The zero-order valence-electron chi connectivity index (χ0n) is 8.02. The van der Waals surface area contributed by atoms with E-state index in [0.717, 1.165) is 0 Å². The first-order valence-corrected chi connectivity index (χ1v) is 4.00. The molecule has 0 aromatic carbocycles. The average molecular weight is 213 g/mol. The van der Waals surface area contributed by atoms with Crippen LogP contribution in [-0.2, 0) is 11.4 Å². The van der Waals surface area contributed by atoms with Gasteiger partial charge in [-0.25, -0.2) is 14.8 Å². The number of nitrogens with one attached hydrogen (secondary N) is 1. The first-order valence-electron chi connectivity index (χ1n) is 4.00.